The Balaban J connectivity index is 1.76. The molecule has 1 heterocycles. The van der Waals surface area contributed by atoms with E-state index >= 15 is 0 Å². The largest absolute Gasteiger partial charge is 0.366 e. The quantitative estimate of drug-likeness (QED) is 0.404. The molecule has 3 rings (SSSR count). The molecule has 7 nitrogen and oxygen atoms in total. The van der Waals surface area contributed by atoms with Crippen LogP contribution < -0.4 is 4.90 Å². The van der Waals surface area contributed by atoms with Crippen molar-refractivity contribution in [1.82, 2.24) is 4.90 Å². The highest BCUT2D eigenvalue weighted by atomic mass is 35.5. The van der Waals surface area contributed by atoms with Crippen molar-refractivity contribution in [2.45, 2.75) is 6.92 Å². The van der Waals surface area contributed by atoms with Crippen LogP contribution in [0.3, 0.4) is 0 Å². The van der Waals surface area contributed by atoms with Crippen LogP contribution in [0, 0.1) is 15.9 Å². The minimum absolute atomic E-state index is 0.0268. The highest BCUT2D eigenvalue weighted by Gasteiger charge is 2.29. The molecule has 0 saturated carbocycles. The molecule has 1 fully saturated rings. The molecule has 0 unspecified atom stereocenters. The van der Waals surface area contributed by atoms with E-state index in [-0.39, 0.29) is 40.0 Å². The topological polar surface area (TPSA) is 83.8 Å². The van der Waals surface area contributed by atoms with Gasteiger partial charge in [0.25, 0.3) is 11.6 Å². The van der Waals surface area contributed by atoms with Crippen molar-refractivity contribution in [2.24, 2.45) is 0 Å². The van der Waals surface area contributed by atoms with Gasteiger partial charge in [0.1, 0.15) is 10.8 Å². The predicted octanol–water partition coefficient (Wildman–Crippen LogP) is 4.21. The summed E-state index contributed by atoms with van der Waals surface area (Å²) in [6.07, 6.45) is 0. The van der Waals surface area contributed by atoms with Gasteiger partial charge >= 0.3 is 0 Å². The summed E-state index contributed by atoms with van der Waals surface area (Å²) >= 11 is 12.1. The molecule has 29 heavy (non-hydrogen) atoms. The number of carbonyl (C=O) groups excluding carboxylic acids is 2. The number of rotatable bonds is 4. The maximum absolute atomic E-state index is 14.4. The minimum Gasteiger partial charge on any atom is -0.366 e. The van der Waals surface area contributed by atoms with Crippen molar-refractivity contribution in [3.05, 3.63) is 67.4 Å². The number of ketones is 1. The summed E-state index contributed by atoms with van der Waals surface area (Å²) in [4.78, 5) is 37.8. The van der Waals surface area contributed by atoms with Gasteiger partial charge in [0.2, 0.25) is 0 Å². The maximum atomic E-state index is 14.4. The molecule has 0 spiro atoms. The van der Waals surface area contributed by atoms with Crippen LogP contribution in [0.25, 0.3) is 0 Å². The number of halogens is 3. The first kappa shape index (κ1) is 21.0. The van der Waals surface area contributed by atoms with Crippen LogP contribution in [0.15, 0.2) is 30.3 Å². The average molecular weight is 440 g/mol. The lowest BCUT2D eigenvalue weighted by Gasteiger charge is -2.36. The van der Waals surface area contributed by atoms with E-state index in [2.05, 4.69) is 0 Å². The third-order valence-electron chi connectivity index (χ3n) is 4.74. The second-order valence-corrected chi connectivity index (χ2v) is 7.30. The summed E-state index contributed by atoms with van der Waals surface area (Å²) in [5, 5.41) is 10.8. The molecule has 10 heteroatoms. The van der Waals surface area contributed by atoms with Crippen molar-refractivity contribution in [3.63, 3.8) is 0 Å². The molecular formula is C19H16Cl2FN3O4. The molecule has 1 aliphatic heterocycles. The smallest absolute Gasteiger partial charge is 0.288 e. The molecule has 0 bridgehead atoms. The third kappa shape index (κ3) is 4.18. The Morgan fingerprint density at radius 2 is 1.76 bits per heavy atom. The number of piperazine rings is 1. The van der Waals surface area contributed by atoms with Crippen LogP contribution in [-0.4, -0.2) is 47.7 Å². The molecule has 2 aromatic carbocycles. The Morgan fingerprint density at radius 1 is 1.10 bits per heavy atom. The lowest BCUT2D eigenvalue weighted by Crippen LogP contribution is -2.49. The van der Waals surface area contributed by atoms with E-state index in [0.29, 0.717) is 18.8 Å². The molecule has 0 N–H and O–H groups in total. The molecule has 0 atom stereocenters. The van der Waals surface area contributed by atoms with Gasteiger partial charge in [-0.15, -0.1) is 0 Å². The zero-order chi connectivity index (χ0) is 21.3. The summed E-state index contributed by atoms with van der Waals surface area (Å²) in [7, 11) is 0. The fourth-order valence-corrected chi connectivity index (χ4v) is 3.77. The summed E-state index contributed by atoms with van der Waals surface area (Å²) in [6, 6.07) is 6.70. The fraction of sp³-hybridized carbons (Fsp3) is 0.263. The molecule has 0 aliphatic carbocycles. The van der Waals surface area contributed by atoms with Crippen LogP contribution in [0.1, 0.15) is 27.6 Å². The zero-order valence-corrected chi connectivity index (χ0v) is 16.8. The monoisotopic (exact) mass is 439 g/mol. The van der Waals surface area contributed by atoms with Crippen molar-refractivity contribution < 1.29 is 18.9 Å². The minimum atomic E-state index is -0.680. The number of nitro groups is 1. The summed E-state index contributed by atoms with van der Waals surface area (Å²) in [5.41, 5.74) is 0.113. The number of Topliss-reactive ketones (excluding diaryl/α,β-unsaturated/α-hetero) is 1. The Hall–Kier alpha value is -2.71. The molecule has 1 aliphatic rings. The SMILES string of the molecule is CC(=O)c1ccc(N2CCN(C(=O)c3c(Cl)ccc([N+](=O)[O-])c3Cl)CC2)c(F)c1. The van der Waals surface area contributed by atoms with Crippen molar-refractivity contribution >= 4 is 46.3 Å². The van der Waals surface area contributed by atoms with E-state index in [4.69, 9.17) is 23.2 Å². The van der Waals surface area contributed by atoms with Gasteiger partial charge < -0.3 is 9.80 Å². The molecule has 0 aromatic heterocycles. The van der Waals surface area contributed by atoms with Gasteiger partial charge in [-0.3, -0.25) is 19.7 Å². The van der Waals surface area contributed by atoms with E-state index in [1.54, 1.807) is 11.0 Å². The van der Waals surface area contributed by atoms with Crippen molar-refractivity contribution in [3.8, 4) is 0 Å². The first-order valence-corrected chi connectivity index (χ1v) is 9.43. The van der Waals surface area contributed by atoms with Crippen molar-refractivity contribution in [2.75, 3.05) is 31.1 Å². The van der Waals surface area contributed by atoms with E-state index in [9.17, 15) is 24.1 Å². The van der Waals surface area contributed by atoms with E-state index in [1.165, 1.54) is 30.0 Å². The average Bonchev–Trinajstić information content (AvgIpc) is 2.67. The second kappa shape index (κ2) is 8.34. The maximum Gasteiger partial charge on any atom is 0.288 e. The summed E-state index contributed by atoms with van der Waals surface area (Å²) < 4.78 is 14.4. The number of hydrogen-bond acceptors (Lipinski definition) is 5. The molecular weight excluding hydrogens is 424 g/mol. The third-order valence-corrected chi connectivity index (χ3v) is 5.44. The van der Waals surface area contributed by atoms with Crippen LogP contribution >= 0.6 is 23.2 Å². The fourth-order valence-electron chi connectivity index (χ4n) is 3.17. The van der Waals surface area contributed by atoms with Crippen LogP contribution in [-0.2, 0) is 0 Å². The number of nitrogens with zero attached hydrogens (tertiary/aromatic N) is 3. The molecule has 1 amide bonds. The molecule has 2 aromatic rings. The Bertz CT molecular complexity index is 1010. The predicted molar refractivity (Wildman–Crippen MR) is 108 cm³/mol. The lowest BCUT2D eigenvalue weighted by atomic mass is 10.1. The zero-order valence-electron chi connectivity index (χ0n) is 15.3. The van der Waals surface area contributed by atoms with Crippen LogP contribution in [0.2, 0.25) is 10.0 Å². The lowest BCUT2D eigenvalue weighted by molar-refractivity contribution is -0.384. The van der Waals surface area contributed by atoms with Gasteiger partial charge in [0, 0.05) is 37.8 Å². The van der Waals surface area contributed by atoms with Crippen molar-refractivity contribution in [1.29, 1.82) is 0 Å². The van der Waals surface area contributed by atoms with Gasteiger partial charge in [-0.2, -0.15) is 0 Å². The van der Waals surface area contributed by atoms with Gasteiger partial charge in [0.15, 0.2) is 5.78 Å². The van der Waals surface area contributed by atoms with Gasteiger partial charge in [-0.05, 0) is 31.2 Å². The number of hydrogen-bond donors (Lipinski definition) is 0. The highest BCUT2D eigenvalue weighted by molar-refractivity contribution is 6.41. The van der Waals surface area contributed by atoms with Gasteiger partial charge in [-0.1, -0.05) is 23.2 Å². The second-order valence-electron chi connectivity index (χ2n) is 6.51. The van der Waals surface area contributed by atoms with Crippen LogP contribution in [0.4, 0.5) is 15.8 Å². The van der Waals surface area contributed by atoms with E-state index < -0.39 is 22.3 Å². The number of carbonyl (C=O) groups is 2. The van der Waals surface area contributed by atoms with Gasteiger partial charge in [0.05, 0.1) is 21.2 Å². The van der Waals surface area contributed by atoms with E-state index in [0.717, 1.165) is 6.07 Å². The highest BCUT2D eigenvalue weighted by Crippen LogP contribution is 2.34. The Morgan fingerprint density at radius 3 is 2.31 bits per heavy atom. The van der Waals surface area contributed by atoms with Gasteiger partial charge in [-0.25, -0.2) is 4.39 Å². The van der Waals surface area contributed by atoms with Crippen LogP contribution in [0.5, 0.6) is 0 Å². The number of anilines is 1. The number of amides is 1. The normalized spacial score (nSPS) is 14.1. The number of nitro benzene ring substituents is 1. The Kier molecular flexibility index (Phi) is 6.04. The molecule has 0 radical (unpaired) electrons. The first-order chi connectivity index (χ1) is 13.7. The molecule has 1 saturated heterocycles. The summed E-state index contributed by atoms with van der Waals surface area (Å²) in [5.74, 6) is -1.26. The molecule has 152 valence electrons. The summed E-state index contributed by atoms with van der Waals surface area (Å²) in [6.45, 7) is 2.55. The Labute approximate surface area is 175 Å². The standard InChI is InChI=1S/C19H16Cl2FN3O4/c1-11(26)12-2-4-15(14(22)10-12)23-6-8-24(9-7-23)19(27)17-13(20)3-5-16(18(17)21)25(28)29/h2-5,10H,6-9H2,1H3. The first-order valence-electron chi connectivity index (χ1n) is 8.67. The number of benzene rings is 2. The van der Waals surface area contributed by atoms with E-state index in [1.807, 2.05) is 0 Å².